The molecular formula is C26H28N2O5. The van der Waals surface area contributed by atoms with E-state index in [9.17, 15) is 19.5 Å². The number of nitrogens with one attached hydrogen (secondary N) is 1. The van der Waals surface area contributed by atoms with Crippen LogP contribution >= 0.6 is 0 Å². The molecule has 7 nitrogen and oxygen atoms in total. The summed E-state index contributed by atoms with van der Waals surface area (Å²) < 4.78 is 5.61. The molecule has 2 aliphatic carbocycles. The van der Waals surface area contributed by atoms with Crippen LogP contribution in [0.15, 0.2) is 48.5 Å². The molecule has 2 saturated heterocycles. The van der Waals surface area contributed by atoms with E-state index in [-0.39, 0.29) is 30.4 Å². The lowest BCUT2D eigenvalue weighted by Crippen LogP contribution is -2.52. The molecule has 2 bridgehead atoms. The number of hydrogen-bond acceptors (Lipinski definition) is 4. The van der Waals surface area contributed by atoms with Crippen molar-refractivity contribution in [1.29, 1.82) is 0 Å². The lowest BCUT2D eigenvalue weighted by Gasteiger charge is -2.34. The van der Waals surface area contributed by atoms with Crippen LogP contribution in [0.2, 0.25) is 0 Å². The SMILES string of the molecule is CCC[C@@H](NC(=O)OCC1c2ccccc2-c2ccccc21)C(=O)N1CC2CC1C2C(=O)O. The van der Waals surface area contributed by atoms with Crippen LogP contribution in [0.3, 0.4) is 0 Å². The summed E-state index contributed by atoms with van der Waals surface area (Å²) in [7, 11) is 0. The Hall–Kier alpha value is -3.35. The molecule has 2 aromatic rings. The molecule has 3 unspecified atom stereocenters. The molecule has 2 heterocycles. The number of carboxylic acid groups (broad SMARTS) is 1. The van der Waals surface area contributed by atoms with Crippen LogP contribution in [0.25, 0.3) is 11.1 Å². The van der Waals surface area contributed by atoms with Crippen LogP contribution in [0.1, 0.15) is 43.2 Å². The zero-order valence-electron chi connectivity index (χ0n) is 18.6. The molecular weight excluding hydrogens is 420 g/mol. The second kappa shape index (κ2) is 8.54. The maximum absolute atomic E-state index is 13.1. The average molecular weight is 449 g/mol. The largest absolute Gasteiger partial charge is 0.481 e. The minimum absolute atomic E-state index is 0.0215. The topological polar surface area (TPSA) is 95.9 Å². The fraction of sp³-hybridized carbons (Fsp3) is 0.423. The number of fused-ring (bicyclic) bond motifs is 4. The van der Waals surface area contributed by atoms with Crippen LogP contribution in [0.4, 0.5) is 4.79 Å². The molecule has 2 N–H and O–H groups in total. The van der Waals surface area contributed by atoms with Crippen LogP contribution in [0.5, 0.6) is 0 Å². The molecule has 3 fully saturated rings. The minimum Gasteiger partial charge on any atom is -0.481 e. The number of ether oxygens (including phenoxy) is 1. The molecule has 1 saturated carbocycles. The van der Waals surface area contributed by atoms with Crippen molar-refractivity contribution >= 4 is 18.0 Å². The first kappa shape index (κ1) is 21.5. The summed E-state index contributed by atoms with van der Waals surface area (Å²) in [6.45, 7) is 2.58. The van der Waals surface area contributed by atoms with Crippen LogP contribution in [-0.2, 0) is 14.3 Å². The first-order chi connectivity index (χ1) is 16.0. The molecule has 0 aromatic heterocycles. The van der Waals surface area contributed by atoms with Gasteiger partial charge in [-0.15, -0.1) is 0 Å². The van der Waals surface area contributed by atoms with E-state index in [1.54, 1.807) is 4.90 Å². The number of amides is 2. The van der Waals surface area contributed by atoms with Gasteiger partial charge in [-0.3, -0.25) is 9.59 Å². The van der Waals surface area contributed by atoms with E-state index >= 15 is 0 Å². The van der Waals surface area contributed by atoms with E-state index in [1.807, 2.05) is 31.2 Å². The van der Waals surface area contributed by atoms with Gasteiger partial charge < -0.3 is 20.1 Å². The molecule has 33 heavy (non-hydrogen) atoms. The Labute approximate surface area is 192 Å². The smallest absolute Gasteiger partial charge is 0.407 e. The number of aliphatic carboxylic acids is 1. The molecule has 4 aliphatic rings. The fourth-order valence-corrected chi connectivity index (χ4v) is 5.77. The third-order valence-electron chi connectivity index (χ3n) is 7.38. The van der Waals surface area contributed by atoms with Gasteiger partial charge in [0.1, 0.15) is 12.6 Å². The van der Waals surface area contributed by atoms with Gasteiger partial charge in [0.25, 0.3) is 0 Å². The Kier molecular flexibility index (Phi) is 5.56. The minimum atomic E-state index is -0.844. The van der Waals surface area contributed by atoms with Crippen molar-refractivity contribution < 1.29 is 24.2 Å². The van der Waals surface area contributed by atoms with Crippen molar-refractivity contribution in [2.75, 3.05) is 13.2 Å². The van der Waals surface area contributed by atoms with Gasteiger partial charge in [0.05, 0.1) is 5.92 Å². The van der Waals surface area contributed by atoms with Crippen LogP contribution in [0, 0.1) is 11.8 Å². The van der Waals surface area contributed by atoms with E-state index in [1.165, 1.54) is 0 Å². The number of alkyl carbamates (subject to hydrolysis) is 1. The highest BCUT2D eigenvalue weighted by Crippen LogP contribution is 2.47. The summed E-state index contributed by atoms with van der Waals surface area (Å²) in [6, 6.07) is 15.3. The molecule has 0 spiro atoms. The van der Waals surface area contributed by atoms with E-state index in [0.29, 0.717) is 19.4 Å². The van der Waals surface area contributed by atoms with Gasteiger partial charge in [-0.05, 0) is 41.0 Å². The molecule has 6 rings (SSSR count). The van der Waals surface area contributed by atoms with E-state index in [0.717, 1.165) is 28.7 Å². The second-order valence-electron chi connectivity index (χ2n) is 9.23. The molecule has 2 aliphatic heterocycles. The summed E-state index contributed by atoms with van der Waals surface area (Å²) >= 11 is 0. The van der Waals surface area contributed by atoms with Crippen LogP contribution < -0.4 is 5.32 Å². The quantitative estimate of drug-likeness (QED) is 0.674. The zero-order valence-corrected chi connectivity index (χ0v) is 18.6. The van der Waals surface area contributed by atoms with Gasteiger partial charge >= 0.3 is 12.1 Å². The third-order valence-corrected chi connectivity index (χ3v) is 7.38. The predicted molar refractivity (Wildman–Crippen MR) is 122 cm³/mol. The molecule has 172 valence electrons. The fourth-order valence-electron chi connectivity index (χ4n) is 5.77. The maximum Gasteiger partial charge on any atom is 0.407 e. The maximum atomic E-state index is 13.1. The zero-order chi connectivity index (χ0) is 23.1. The van der Waals surface area contributed by atoms with Crippen molar-refractivity contribution in [1.82, 2.24) is 10.2 Å². The Balaban J connectivity index is 1.24. The first-order valence-electron chi connectivity index (χ1n) is 11.6. The van der Waals surface area contributed by atoms with Crippen molar-refractivity contribution in [2.45, 2.75) is 44.2 Å². The third kappa shape index (κ3) is 3.65. The Morgan fingerprint density at radius 2 is 1.73 bits per heavy atom. The Morgan fingerprint density at radius 3 is 2.30 bits per heavy atom. The highest BCUT2D eigenvalue weighted by Gasteiger charge is 2.57. The van der Waals surface area contributed by atoms with Crippen molar-refractivity contribution in [3.63, 3.8) is 0 Å². The Morgan fingerprint density at radius 1 is 1.09 bits per heavy atom. The van der Waals surface area contributed by atoms with Gasteiger partial charge in [0.15, 0.2) is 0 Å². The second-order valence-corrected chi connectivity index (χ2v) is 9.23. The van der Waals surface area contributed by atoms with Crippen molar-refractivity contribution in [3.05, 3.63) is 59.7 Å². The number of nitrogens with zero attached hydrogens (tertiary/aromatic N) is 1. The molecule has 4 atom stereocenters. The number of carbonyl (C=O) groups is 3. The summed E-state index contributed by atoms with van der Waals surface area (Å²) in [6.07, 6.45) is 1.30. The highest BCUT2D eigenvalue weighted by molar-refractivity contribution is 5.88. The van der Waals surface area contributed by atoms with Crippen LogP contribution in [-0.4, -0.2) is 53.2 Å². The van der Waals surface area contributed by atoms with Crippen molar-refractivity contribution in [3.8, 4) is 11.1 Å². The number of hydrogen-bond donors (Lipinski definition) is 2. The van der Waals surface area contributed by atoms with E-state index < -0.39 is 24.0 Å². The number of carbonyl (C=O) groups excluding carboxylic acids is 2. The van der Waals surface area contributed by atoms with Gasteiger partial charge in [-0.1, -0.05) is 61.9 Å². The van der Waals surface area contributed by atoms with Crippen molar-refractivity contribution in [2.24, 2.45) is 11.8 Å². The highest BCUT2D eigenvalue weighted by atomic mass is 16.5. The van der Waals surface area contributed by atoms with E-state index in [4.69, 9.17) is 4.74 Å². The summed E-state index contributed by atoms with van der Waals surface area (Å²) in [5.41, 5.74) is 4.57. The van der Waals surface area contributed by atoms with E-state index in [2.05, 4.69) is 29.6 Å². The Bertz CT molecular complexity index is 1050. The molecule has 2 aromatic carbocycles. The molecule has 7 heteroatoms. The summed E-state index contributed by atoms with van der Waals surface area (Å²) in [4.78, 5) is 38.9. The molecule has 2 amide bonds. The summed E-state index contributed by atoms with van der Waals surface area (Å²) in [5, 5.41) is 12.1. The normalized spacial score (nSPS) is 23.3. The summed E-state index contributed by atoms with van der Waals surface area (Å²) in [5.74, 6) is -1.56. The average Bonchev–Trinajstić information content (AvgIpc) is 3.47. The van der Waals surface area contributed by atoms with Gasteiger partial charge in [-0.25, -0.2) is 4.79 Å². The predicted octanol–water partition coefficient (Wildman–Crippen LogP) is 3.63. The number of benzene rings is 2. The first-order valence-corrected chi connectivity index (χ1v) is 11.6. The lowest BCUT2D eigenvalue weighted by atomic mass is 9.74. The van der Waals surface area contributed by atoms with Gasteiger partial charge in [0.2, 0.25) is 5.91 Å². The van der Waals surface area contributed by atoms with Gasteiger partial charge in [-0.2, -0.15) is 0 Å². The number of rotatable bonds is 7. The number of carboxylic acids is 1. The lowest BCUT2D eigenvalue weighted by molar-refractivity contribution is -0.148. The van der Waals surface area contributed by atoms with Gasteiger partial charge in [0, 0.05) is 18.5 Å². The standard InChI is InChI=1S/C26H28N2O5/c1-2-7-21(24(29)28-13-15-12-22(28)23(15)25(30)31)27-26(32)33-14-20-18-10-5-3-8-16(18)17-9-4-6-11-19(17)20/h3-6,8-11,15,20-23H,2,7,12-14H2,1H3,(H,27,32)(H,30,31)/t15?,21-,22?,23?/m1/s1. The molecule has 0 radical (unpaired) electrons. The monoisotopic (exact) mass is 448 g/mol.